The summed E-state index contributed by atoms with van der Waals surface area (Å²) in [4.78, 5) is 13.8. The molecule has 5 nitrogen and oxygen atoms in total. The Bertz CT molecular complexity index is 586. The first-order valence-corrected chi connectivity index (χ1v) is 7.85. The molecule has 2 heterocycles. The molecule has 3 unspecified atom stereocenters. The summed E-state index contributed by atoms with van der Waals surface area (Å²) in [6, 6.07) is 2.10. The zero-order chi connectivity index (χ0) is 18.1. The highest BCUT2D eigenvalue weighted by Crippen LogP contribution is 2.43. The van der Waals surface area contributed by atoms with Gasteiger partial charge in [-0.05, 0) is 44.7 Å². The van der Waals surface area contributed by atoms with Gasteiger partial charge < -0.3 is 19.5 Å². The monoisotopic (exact) mass is 349 g/mol. The normalized spacial score (nSPS) is 24.7. The van der Waals surface area contributed by atoms with E-state index < -0.39 is 29.9 Å². The molecule has 8 heteroatoms. The summed E-state index contributed by atoms with van der Waals surface area (Å²) >= 11 is 0. The summed E-state index contributed by atoms with van der Waals surface area (Å²) in [6.45, 7) is 3.26. The second-order valence-electron chi connectivity index (χ2n) is 6.47. The molecule has 1 fully saturated rings. The lowest BCUT2D eigenvalue weighted by Crippen LogP contribution is -2.51. The molecule has 2 rings (SSSR count). The van der Waals surface area contributed by atoms with Gasteiger partial charge in [0, 0.05) is 19.2 Å². The molecule has 1 aromatic heterocycles. The van der Waals surface area contributed by atoms with E-state index in [9.17, 15) is 28.2 Å². The van der Waals surface area contributed by atoms with Crippen LogP contribution in [-0.2, 0) is 10.4 Å². The third-order valence-electron chi connectivity index (χ3n) is 4.58. The fourth-order valence-electron chi connectivity index (χ4n) is 2.98. The van der Waals surface area contributed by atoms with Crippen LogP contribution in [0.1, 0.15) is 37.7 Å². The van der Waals surface area contributed by atoms with Crippen LogP contribution in [0.15, 0.2) is 16.5 Å². The molecule has 0 aliphatic carbocycles. The number of piperidine rings is 1. The van der Waals surface area contributed by atoms with Crippen LogP contribution in [-0.4, -0.2) is 46.4 Å². The average Bonchev–Trinajstić information content (AvgIpc) is 2.93. The van der Waals surface area contributed by atoms with Crippen molar-refractivity contribution in [3.05, 3.63) is 23.7 Å². The lowest BCUT2D eigenvalue weighted by Gasteiger charge is -2.39. The van der Waals surface area contributed by atoms with E-state index in [0.717, 1.165) is 6.07 Å². The molecule has 136 valence electrons. The van der Waals surface area contributed by atoms with Gasteiger partial charge in [0.25, 0.3) is 0 Å². The summed E-state index contributed by atoms with van der Waals surface area (Å²) < 4.78 is 45.3. The second kappa shape index (κ2) is 6.76. The van der Waals surface area contributed by atoms with Crippen molar-refractivity contribution in [2.75, 3.05) is 13.2 Å². The van der Waals surface area contributed by atoms with Gasteiger partial charge in [-0.2, -0.15) is 13.2 Å². The Balaban J connectivity index is 2.25. The lowest BCUT2D eigenvalue weighted by molar-refractivity contribution is -0.274. The van der Waals surface area contributed by atoms with Crippen molar-refractivity contribution in [2.24, 2.45) is 5.92 Å². The van der Waals surface area contributed by atoms with E-state index in [1.165, 1.54) is 17.9 Å². The number of alkyl halides is 3. The van der Waals surface area contributed by atoms with Gasteiger partial charge in [0.1, 0.15) is 11.5 Å². The number of rotatable bonds is 4. The number of hydrogen-bond donors (Lipinski definition) is 2. The van der Waals surface area contributed by atoms with E-state index >= 15 is 0 Å². The van der Waals surface area contributed by atoms with Gasteiger partial charge in [-0.25, -0.2) is 0 Å². The number of carbonyl (C=O) groups is 1. The quantitative estimate of drug-likeness (QED) is 0.875. The molecule has 1 aliphatic rings. The fourth-order valence-corrected chi connectivity index (χ4v) is 2.98. The number of carbonyl (C=O) groups excluding carboxylic acids is 1. The van der Waals surface area contributed by atoms with Gasteiger partial charge in [0.2, 0.25) is 11.5 Å². The van der Waals surface area contributed by atoms with Gasteiger partial charge in [-0.3, -0.25) is 4.79 Å². The Morgan fingerprint density at radius 1 is 1.38 bits per heavy atom. The third kappa shape index (κ3) is 3.59. The first-order valence-electron chi connectivity index (χ1n) is 7.85. The number of aliphatic hydroxyl groups is 2. The highest BCUT2D eigenvalue weighted by Gasteiger charge is 2.59. The number of likely N-dealkylation sites (tertiary alicyclic amines) is 1. The number of halogens is 3. The van der Waals surface area contributed by atoms with Crippen molar-refractivity contribution in [1.29, 1.82) is 0 Å². The zero-order valence-electron chi connectivity index (χ0n) is 13.6. The van der Waals surface area contributed by atoms with Gasteiger partial charge in [-0.15, -0.1) is 0 Å². The standard InChI is InChI=1S/C16H22F3NO4/c1-10-3-5-12(9-21)8-20(10)14(22)7-15(23,16(17,18)19)13-6-4-11(2)24-13/h4,6,10,12,21,23H,3,5,7-9H2,1-2H3. The molecule has 0 aromatic carbocycles. The Hall–Kier alpha value is -1.54. The molecule has 1 amide bonds. The Morgan fingerprint density at radius 3 is 2.54 bits per heavy atom. The summed E-state index contributed by atoms with van der Waals surface area (Å²) in [6.07, 6.45) is -4.89. The first-order chi connectivity index (χ1) is 11.1. The minimum Gasteiger partial charge on any atom is -0.463 e. The highest BCUT2D eigenvalue weighted by molar-refractivity contribution is 5.78. The highest BCUT2D eigenvalue weighted by atomic mass is 19.4. The molecule has 0 spiro atoms. The molecule has 24 heavy (non-hydrogen) atoms. The molecule has 0 bridgehead atoms. The van der Waals surface area contributed by atoms with Gasteiger partial charge in [0.05, 0.1) is 6.42 Å². The van der Waals surface area contributed by atoms with E-state index in [2.05, 4.69) is 0 Å². The van der Waals surface area contributed by atoms with E-state index in [0.29, 0.717) is 12.8 Å². The molecule has 1 aliphatic heterocycles. The van der Waals surface area contributed by atoms with Gasteiger partial charge in [-0.1, -0.05) is 0 Å². The minimum atomic E-state index is -5.05. The topological polar surface area (TPSA) is 73.9 Å². The van der Waals surface area contributed by atoms with Gasteiger partial charge in [0.15, 0.2) is 0 Å². The van der Waals surface area contributed by atoms with Crippen molar-refractivity contribution < 1.29 is 32.6 Å². The summed E-state index contributed by atoms with van der Waals surface area (Å²) in [5.41, 5.74) is -3.37. The van der Waals surface area contributed by atoms with Crippen molar-refractivity contribution >= 4 is 5.91 Å². The summed E-state index contributed by atoms with van der Waals surface area (Å²) in [5, 5.41) is 19.5. The Labute approximate surface area is 138 Å². The summed E-state index contributed by atoms with van der Waals surface area (Å²) in [5.74, 6) is -1.44. The molecule has 0 saturated carbocycles. The van der Waals surface area contributed by atoms with Crippen LogP contribution in [0.4, 0.5) is 13.2 Å². The maximum absolute atomic E-state index is 13.4. The van der Waals surface area contributed by atoms with E-state index in [-0.39, 0.29) is 30.9 Å². The van der Waals surface area contributed by atoms with Crippen LogP contribution in [0, 0.1) is 12.8 Å². The van der Waals surface area contributed by atoms with E-state index in [1.807, 2.05) is 0 Å². The lowest BCUT2D eigenvalue weighted by atomic mass is 9.90. The first kappa shape index (κ1) is 18.8. The fraction of sp³-hybridized carbons (Fsp3) is 0.688. The molecular weight excluding hydrogens is 327 g/mol. The SMILES string of the molecule is Cc1ccc(C(O)(CC(=O)N2CC(CO)CCC2C)C(F)(F)F)o1. The third-order valence-corrected chi connectivity index (χ3v) is 4.58. The zero-order valence-corrected chi connectivity index (χ0v) is 13.6. The number of aryl methyl sites for hydroxylation is 1. The molecule has 1 aromatic rings. The van der Waals surface area contributed by atoms with Gasteiger partial charge >= 0.3 is 6.18 Å². The maximum atomic E-state index is 13.4. The van der Waals surface area contributed by atoms with Crippen LogP contribution >= 0.6 is 0 Å². The smallest absolute Gasteiger partial charge is 0.425 e. The van der Waals surface area contributed by atoms with Crippen LogP contribution < -0.4 is 0 Å². The average molecular weight is 349 g/mol. The van der Waals surface area contributed by atoms with Crippen LogP contribution in [0.2, 0.25) is 0 Å². The van der Waals surface area contributed by atoms with Crippen LogP contribution in [0.25, 0.3) is 0 Å². The predicted octanol–water partition coefficient (Wildman–Crippen LogP) is 2.35. The maximum Gasteiger partial charge on any atom is 0.425 e. The van der Waals surface area contributed by atoms with Crippen molar-refractivity contribution in [3.63, 3.8) is 0 Å². The number of hydrogen-bond acceptors (Lipinski definition) is 4. The van der Waals surface area contributed by atoms with Crippen LogP contribution in [0.3, 0.4) is 0 Å². The molecule has 2 N–H and O–H groups in total. The second-order valence-corrected chi connectivity index (χ2v) is 6.47. The Kier molecular flexibility index (Phi) is 5.29. The molecule has 0 radical (unpaired) electrons. The van der Waals surface area contributed by atoms with E-state index in [4.69, 9.17) is 4.42 Å². The number of nitrogens with zero attached hydrogens (tertiary/aromatic N) is 1. The summed E-state index contributed by atoms with van der Waals surface area (Å²) in [7, 11) is 0. The molecular formula is C16H22F3NO4. The van der Waals surface area contributed by atoms with Crippen molar-refractivity contribution in [1.82, 2.24) is 4.90 Å². The predicted molar refractivity (Wildman–Crippen MR) is 79.0 cm³/mol. The molecule has 3 atom stereocenters. The van der Waals surface area contributed by atoms with E-state index in [1.54, 1.807) is 6.92 Å². The minimum absolute atomic E-state index is 0.128. The van der Waals surface area contributed by atoms with Crippen LogP contribution in [0.5, 0.6) is 0 Å². The number of furan rings is 1. The number of aliphatic hydroxyl groups excluding tert-OH is 1. The number of amides is 1. The van der Waals surface area contributed by atoms with Crippen molar-refractivity contribution in [3.8, 4) is 0 Å². The largest absolute Gasteiger partial charge is 0.463 e. The van der Waals surface area contributed by atoms with Crippen molar-refractivity contribution in [2.45, 2.75) is 50.9 Å². The Morgan fingerprint density at radius 2 is 2.04 bits per heavy atom. The molecule has 1 saturated heterocycles.